The molecule has 0 spiro atoms. The van der Waals surface area contributed by atoms with E-state index in [1.165, 1.54) is 38.7 Å². The average molecular weight is 542 g/mol. The van der Waals surface area contributed by atoms with Gasteiger partial charge in [-0.15, -0.1) is 0 Å². The molecule has 8 rings (SSSR count). The number of hydrogen-bond acceptors (Lipinski definition) is 2. The molecule has 0 bridgehead atoms. The van der Waals surface area contributed by atoms with Crippen LogP contribution in [0.25, 0.3) is 43.8 Å². The van der Waals surface area contributed by atoms with Gasteiger partial charge in [0.25, 0.3) is 0 Å². The van der Waals surface area contributed by atoms with Gasteiger partial charge in [0.05, 0.1) is 5.69 Å². The fraction of sp³-hybridized carbons (Fsp3) is 0.100. The van der Waals surface area contributed by atoms with Crippen molar-refractivity contribution in [3.8, 4) is 11.1 Å². The Labute approximate surface area is 246 Å². The molecule has 0 N–H and O–H groups in total. The van der Waals surface area contributed by atoms with Crippen LogP contribution in [0.1, 0.15) is 25.7 Å². The maximum atomic E-state index is 6.59. The topological polar surface area (TPSA) is 16.4 Å². The van der Waals surface area contributed by atoms with E-state index >= 15 is 0 Å². The third kappa shape index (κ3) is 4.37. The third-order valence-corrected chi connectivity index (χ3v) is 8.64. The second kappa shape index (κ2) is 10.4. The van der Waals surface area contributed by atoms with Gasteiger partial charge in [-0.1, -0.05) is 97.1 Å². The highest BCUT2D eigenvalue weighted by atomic mass is 16.3. The summed E-state index contributed by atoms with van der Waals surface area (Å²) in [7, 11) is 0. The highest BCUT2D eigenvalue weighted by Gasteiger charge is 2.23. The lowest BCUT2D eigenvalue weighted by Gasteiger charge is -2.32. The van der Waals surface area contributed by atoms with Crippen LogP contribution < -0.4 is 4.90 Å². The SMILES string of the molecule is C1=CCCC(C2=CC=C(N(c3ccccc3)c3cc4oc5cc6ccccc6cc5c4cc3-c3ccccc3)CC2)=C1. The van der Waals surface area contributed by atoms with E-state index in [9.17, 15) is 0 Å². The first-order valence-electron chi connectivity index (χ1n) is 14.9. The highest BCUT2D eigenvalue weighted by molar-refractivity contribution is 6.12. The highest BCUT2D eigenvalue weighted by Crippen LogP contribution is 2.45. The van der Waals surface area contributed by atoms with Crippen LogP contribution >= 0.6 is 0 Å². The predicted molar refractivity (Wildman–Crippen MR) is 177 cm³/mol. The van der Waals surface area contributed by atoms with Gasteiger partial charge in [0.15, 0.2) is 0 Å². The Morgan fingerprint density at radius 1 is 0.571 bits per heavy atom. The molecule has 0 saturated carbocycles. The van der Waals surface area contributed by atoms with Gasteiger partial charge in [0, 0.05) is 33.8 Å². The van der Waals surface area contributed by atoms with Crippen molar-refractivity contribution in [2.24, 2.45) is 0 Å². The second-order valence-electron chi connectivity index (χ2n) is 11.2. The number of nitrogens with zero attached hydrogens (tertiary/aromatic N) is 1. The first-order valence-corrected chi connectivity index (χ1v) is 14.9. The molecule has 6 aromatic rings. The van der Waals surface area contributed by atoms with E-state index in [1.54, 1.807) is 0 Å². The Morgan fingerprint density at radius 2 is 1.26 bits per heavy atom. The summed E-state index contributed by atoms with van der Waals surface area (Å²) in [5, 5.41) is 4.71. The van der Waals surface area contributed by atoms with Gasteiger partial charge in [-0.2, -0.15) is 0 Å². The minimum atomic E-state index is 0.905. The Bertz CT molecular complexity index is 2070. The molecule has 2 aliphatic carbocycles. The maximum absolute atomic E-state index is 6.59. The molecule has 0 radical (unpaired) electrons. The Hall–Kier alpha value is -5.08. The van der Waals surface area contributed by atoms with Crippen molar-refractivity contribution in [1.82, 2.24) is 0 Å². The van der Waals surface area contributed by atoms with Crippen molar-refractivity contribution < 1.29 is 4.42 Å². The zero-order chi connectivity index (χ0) is 27.9. The number of hydrogen-bond donors (Lipinski definition) is 0. The van der Waals surface area contributed by atoms with Gasteiger partial charge in [0.2, 0.25) is 0 Å². The molecule has 2 heteroatoms. The molecule has 0 atom stereocenters. The number of fused-ring (bicyclic) bond motifs is 4. The molecule has 2 aliphatic rings. The summed E-state index contributed by atoms with van der Waals surface area (Å²) in [6, 6.07) is 39.0. The molecule has 202 valence electrons. The Morgan fingerprint density at radius 3 is 2.00 bits per heavy atom. The minimum absolute atomic E-state index is 0.905. The van der Waals surface area contributed by atoms with Crippen LogP contribution in [0.2, 0.25) is 0 Å². The molecule has 42 heavy (non-hydrogen) atoms. The van der Waals surface area contributed by atoms with Crippen molar-refractivity contribution in [2.45, 2.75) is 25.7 Å². The lowest BCUT2D eigenvalue weighted by molar-refractivity contribution is 0.669. The van der Waals surface area contributed by atoms with Gasteiger partial charge in [-0.3, -0.25) is 0 Å². The molecule has 0 fully saturated rings. The predicted octanol–water partition coefficient (Wildman–Crippen LogP) is 11.4. The van der Waals surface area contributed by atoms with E-state index in [0.717, 1.165) is 59.0 Å². The van der Waals surface area contributed by atoms with Crippen LogP contribution in [0.15, 0.2) is 161 Å². The monoisotopic (exact) mass is 541 g/mol. The van der Waals surface area contributed by atoms with Gasteiger partial charge in [0.1, 0.15) is 11.2 Å². The van der Waals surface area contributed by atoms with E-state index in [2.05, 4.69) is 144 Å². The smallest absolute Gasteiger partial charge is 0.137 e. The summed E-state index contributed by atoms with van der Waals surface area (Å²) in [6.07, 6.45) is 15.7. The van der Waals surface area contributed by atoms with Gasteiger partial charge in [-0.05, 0) is 89.6 Å². The quantitative estimate of drug-likeness (QED) is 0.216. The van der Waals surface area contributed by atoms with Crippen molar-refractivity contribution >= 4 is 44.1 Å². The molecule has 1 heterocycles. The number of rotatable bonds is 5. The van der Waals surface area contributed by atoms with Gasteiger partial charge >= 0.3 is 0 Å². The molecule has 0 aliphatic heterocycles. The van der Waals surface area contributed by atoms with Crippen LogP contribution in [-0.2, 0) is 0 Å². The summed E-state index contributed by atoms with van der Waals surface area (Å²) >= 11 is 0. The number of anilines is 2. The van der Waals surface area contributed by atoms with Crippen LogP contribution in [-0.4, -0.2) is 0 Å². The standard InChI is InChI=1S/C40H31NO/c1-4-12-28(13-5-1)29-20-22-34(23-21-29)41(33-18-8-3-9-19-33)38-27-40-37(26-35(38)30-14-6-2-7-15-30)36-24-31-16-10-11-17-32(31)25-39(36)42-40/h1-4,6-12,14-20,22,24-27H,5,13,21,23H2. The molecule has 0 unspecified atom stereocenters. The molecular formula is C40H31NO. The molecule has 0 amide bonds. The first-order chi connectivity index (χ1) is 20.8. The Balaban J connectivity index is 1.36. The van der Waals surface area contributed by atoms with Crippen LogP contribution in [0.5, 0.6) is 0 Å². The summed E-state index contributed by atoms with van der Waals surface area (Å²) in [5.41, 5.74) is 10.7. The normalized spacial score (nSPS) is 15.1. The van der Waals surface area contributed by atoms with Crippen LogP contribution in [0.3, 0.4) is 0 Å². The Kier molecular flexibility index (Phi) is 6.11. The molecule has 5 aromatic carbocycles. The van der Waals surface area contributed by atoms with Crippen molar-refractivity contribution in [1.29, 1.82) is 0 Å². The summed E-state index contributed by atoms with van der Waals surface area (Å²) in [6.45, 7) is 0. The van der Waals surface area contributed by atoms with Crippen LogP contribution in [0, 0.1) is 0 Å². The molecule has 0 saturated heterocycles. The van der Waals surface area contributed by atoms with Gasteiger partial charge in [-0.25, -0.2) is 0 Å². The van der Waals surface area contributed by atoms with E-state index < -0.39 is 0 Å². The molecule has 1 aromatic heterocycles. The second-order valence-corrected chi connectivity index (χ2v) is 11.2. The number of furan rings is 1. The maximum Gasteiger partial charge on any atom is 0.137 e. The lowest BCUT2D eigenvalue weighted by atomic mass is 9.90. The number of para-hydroxylation sites is 1. The van der Waals surface area contributed by atoms with Crippen molar-refractivity contribution in [2.75, 3.05) is 4.90 Å². The number of benzene rings is 5. The third-order valence-electron chi connectivity index (χ3n) is 8.64. The van der Waals surface area contributed by atoms with E-state index in [0.29, 0.717) is 0 Å². The van der Waals surface area contributed by atoms with E-state index in [4.69, 9.17) is 4.42 Å². The molecule has 2 nitrogen and oxygen atoms in total. The first kappa shape index (κ1) is 24.7. The summed E-state index contributed by atoms with van der Waals surface area (Å²) in [5.74, 6) is 0. The largest absolute Gasteiger partial charge is 0.456 e. The van der Waals surface area contributed by atoms with E-state index in [-0.39, 0.29) is 0 Å². The van der Waals surface area contributed by atoms with Crippen LogP contribution in [0.4, 0.5) is 11.4 Å². The summed E-state index contributed by atoms with van der Waals surface area (Å²) in [4.78, 5) is 2.44. The fourth-order valence-corrected chi connectivity index (χ4v) is 6.52. The fourth-order valence-electron chi connectivity index (χ4n) is 6.52. The zero-order valence-corrected chi connectivity index (χ0v) is 23.5. The zero-order valence-electron chi connectivity index (χ0n) is 23.5. The number of allylic oxidation sites excluding steroid dienone is 8. The summed E-state index contributed by atoms with van der Waals surface area (Å²) < 4.78 is 6.59. The van der Waals surface area contributed by atoms with Gasteiger partial charge < -0.3 is 9.32 Å². The molecular weight excluding hydrogens is 510 g/mol. The van der Waals surface area contributed by atoms with Crippen molar-refractivity contribution in [3.05, 3.63) is 156 Å². The minimum Gasteiger partial charge on any atom is -0.456 e. The van der Waals surface area contributed by atoms with E-state index in [1.807, 2.05) is 0 Å². The lowest BCUT2D eigenvalue weighted by Crippen LogP contribution is -2.19. The average Bonchev–Trinajstić information content (AvgIpc) is 3.41. The van der Waals surface area contributed by atoms with Crippen molar-refractivity contribution in [3.63, 3.8) is 0 Å².